The van der Waals surface area contributed by atoms with E-state index in [1.54, 1.807) is 11.8 Å². The summed E-state index contributed by atoms with van der Waals surface area (Å²) in [5.41, 5.74) is 6.21. The lowest BCUT2D eigenvalue weighted by atomic mass is 10.1. The zero-order valence-corrected chi connectivity index (χ0v) is 13.4. The number of carbonyl (C=O) groups is 1. The van der Waals surface area contributed by atoms with Gasteiger partial charge in [0.25, 0.3) is 0 Å². The van der Waals surface area contributed by atoms with Gasteiger partial charge < -0.3 is 15.7 Å². The number of aliphatic hydroxyl groups is 1. The smallest absolute Gasteiger partial charge is 0.239 e. The van der Waals surface area contributed by atoms with Crippen LogP contribution in [0.3, 0.4) is 0 Å². The molecule has 1 rings (SSSR count). The Morgan fingerprint density at radius 3 is 2.19 bits per heavy atom. The maximum atomic E-state index is 12.9. The number of hydrogen-bond donors (Lipinski definition) is 2. The minimum absolute atomic E-state index is 0. The fourth-order valence-electron chi connectivity index (χ4n) is 1.98. The largest absolute Gasteiger partial charge is 0.387 e. The summed E-state index contributed by atoms with van der Waals surface area (Å²) in [6, 6.07) is 5.01. The standard InChI is InChI=1S/C15H23FN2O2.ClH/c1-10(2)8-18(15(20)11(3)17)9-14(19)12-4-6-13(16)7-5-12;/h4-7,10-11,14,19H,8-9,17H2,1-3H3;1H/t11-,14?;/m0./s1. The molecule has 3 N–H and O–H groups in total. The first-order valence-corrected chi connectivity index (χ1v) is 6.79. The minimum Gasteiger partial charge on any atom is -0.387 e. The second kappa shape index (κ2) is 8.97. The Morgan fingerprint density at radius 2 is 1.76 bits per heavy atom. The van der Waals surface area contributed by atoms with Crippen molar-refractivity contribution in [2.24, 2.45) is 11.7 Å². The Balaban J connectivity index is 0.00000400. The van der Waals surface area contributed by atoms with Gasteiger partial charge in [0.1, 0.15) is 5.82 Å². The van der Waals surface area contributed by atoms with Crippen LogP contribution in [0.15, 0.2) is 24.3 Å². The summed E-state index contributed by atoms with van der Waals surface area (Å²) < 4.78 is 12.9. The average Bonchev–Trinajstić information content (AvgIpc) is 2.37. The van der Waals surface area contributed by atoms with Crippen LogP contribution in [-0.4, -0.2) is 35.0 Å². The number of aliphatic hydroxyl groups excluding tert-OH is 1. The van der Waals surface area contributed by atoms with Crippen LogP contribution >= 0.6 is 12.4 Å². The van der Waals surface area contributed by atoms with Gasteiger partial charge >= 0.3 is 0 Å². The molecule has 2 atom stereocenters. The fraction of sp³-hybridized carbons (Fsp3) is 0.533. The van der Waals surface area contributed by atoms with E-state index >= 15 is 0 Å². The van der Waals surface area contributed by atoms with Crippen molar-refractivity contribution in [3.8, 4) is 0 Å². The summed E-state index contributed by atoms with van der Waals surface area (Å²) in [5.74, 6) is -0.273. The normalized spacial score (nSPS) is 13.5. The molecule has 0 heterocycles. The van der Waals surface area contributed by atoms with Crippen molar-refractivity contribution >= 4 is 18.3 Å². The third-order valence-corrected chi connectivity index (χ3v) is 2.93. The molecule has 1 aromatic carbocycles. The van der Waals surface area contributed by atoms with E-state index in [-0.39, 0.29) is 36.6 Å². The molecule has 0 saturated heterocycles. The van der Waals surface area contributed by atoms with E-state index in [1.165, 1.54) is 24.3 Å². The van der Waals surface area contributed by atoms with Crippen LogP contribution in [0.25, 0.3) is 0 Å². The number of carbonyl (C=O) groups excluding carboxylic acids is 1. The second-order valence-corrected chi connectivity index (χ2v) is 5.49. The highest BCUT2D eigenvalue weighted by Gasteiger charge is 2.22. The van der Waals surface area contributed by atoms with E-state index in [0.717, 1.165) is 0 Å². The van der Waals surface area contributed by atoms with E-state index in [4.69, 9.17) is 5.73 Å². The Morgan fingerprint density at radius 1 is 1.24 bits per heavy atom. The first-order chi connectivity index (χ1) is 9.31. The van der Waals surface area contributed by atoms with E-state index in [2.05, 4.69) is 0 Å². The highest BCUT2D eigenvalue weighted by Crippen LogP contribution is 2.16. The molecule has 1 unspecified atom stereocenters. The zero-order chi connectivity index (χ0) is 15.3. The molecule has 0 bridgehead atoms. The van der Waals surface area contributed by atoms with Gasteiger partial charge in [-0.1, -0.05) is 26.0 Å². The van der Waals surface area contributed by atoms with Crippen LogP contribution in [0.5, 0.6) is 0 Å². The van der Waals surface area contributed by atoms with Crippen molar-refractivity contribution in [1.29, 1.82) is 0 Å². The van der Waals surface area contributed by atoms with Gasteiger partial charge in [-0.15, -0.1) is 12.4 Å². The lowest BCUT2D eigenvalue weighted by Crippen LogP contribution is -2.45. The quantitative estimate of drug-likeness (QED) is 0.844. The fourth-order valence-corrected chi connectivity index (χ4v) is 1.98. The third-order valence-electron chi connectivity index (χ3n) is 2.93. The lowest BCUT2D eigenvalue weighted by Gasteiger charge is -2.28. The molecule has 1 aromatic rings. The molecule has 0 radical (unpaired) electrons. The van der Waals surface area contributed by atoms with Crippen molar-refractivity contribution in [2.45, 2.75) is 32.9 Å². The molecule has 6 heteroatoms. The Hall–Kier alpha value is -1.17. The SMILES string of the molecule is CC(C)CN(CC(O)c1ccc(F)cc1)C(=O)[C@H](C)N.Cl. The summed E-state index contributed by atoms with van der Waals surface area (Å²) in [6.07, 6.45) is -0.850. The van der Waals surface area contributed by atoms with Crippen LogP contribution in [0.1, 0.15) is 32.4 Å². The highest BCUT2D eigenvalue weighted by atomic mass is 35.5. The topological polar surface area (TPSA) is 66.6 Å². The monoisotopic (exact) mass is 318 g/mol. The van der Waals surface area contributed by atoms with Gasteiger partial charge in [-0.25, -0.2) is 4.39 Å². The van der Waals surface area contributed by atoms with Gasteiger partial charge in [-0.05, 0) is 30.5 Å². The van der Waals surface area contributed by atoms with Gasteiger partial charge in [0, 0.05) is 6.54 Å². The molecule has 0 aromatic heterocycles. The number of hydrogen-bond acceptors (Lipinski definition) is 3. The van der Waals surface area contributed by atoms with Gasteiger partial charge in [-0.3, -0.25) is 4.79 Å². The Labute approximate surface area is 131 Å². The molecule has 4 nitrogen and oxygen atoms in total. The molecule has 120 valence electrons. The van der Waals surface area contributed by atoms with E-state index in [0.29, 0.717) is 12.1 Å². The van der Waals surface area contributed by atoms with Crippen molar-refractivity contribution in [3.63, 3.8) is 0 Å². The second-order valence-electron chi connectivity index (χ2n) is 5.49. The Kier molecular flexibility index (Phi) is 8.47. The van der Waals surface area contributed by atoms with Crippen LogP contribution in [0.4, 0.5) is 4.39 Å². The molecule has 0 aliphatic rings. The van der Waals surface area contributed by atoms with Gasteiger partial charge in [0.2, 0.25) is 5.91 Å². The number of halogens is 2. The number of nitrogens with zero attached hydrogens (tertiary/aromatic N) is 1. The van der Waals surface area contributed by atoms with Crippen LogP contribution < -0.4 is 5.73 Å². The Bertz CT molecular complexity index is 438. The summed E-state index contributed by atoms with van der Waals surface area (Å²) in [7, 11) is 0. The maximum absolute atomic E-state index is 12.9. The lowest BCUT2D eigenvalue weighted by molar-refractivity contribution is -0.134. The van der Waals surface area contributed by atoms with Gasteiger partial charge in [0.05, 0.1) is 18.7 Å². The van der Waals surface area contributed by atoms with E-state index < -0.39 is 12.1 Å². The van der Waals surface area contributed by atoms with Crippen LogP contribution in [0.2, 0.25) is 0 Å². The summed E-state index contributed by atoms with van der Waals surface area (Å²) in [4.78, 5) is 13.6. The molecule has 1 amide bonds. The third kappa shape index (κ3) is 6.42. The van der Waals surface area contributed by atoms with Gasteiger partial charge in [0.15, 0.2) is 0 Å². The predicted molar refractivity (Wildman–Crippen MR) is 83.7 cm³/mol. The molecular weight excluding hydrogens is 295 g/mol. The molecule has 0 saturated carbocycles. The maximum Gasteiger partial charge on any atom is 0.239 e. The number of benzene rings is 1. The first-order valence-electron chi connectivity index (χ1n) is 6.79. The molecule has 0 spiro atoms. The highest BCUT2D eigenvalue weighted by molar-refractivity contribution is 5.85. The van der Waals surface area contributed by atoms with E-state index in [1.807, 2.05) is 13.8 Å². The molecule has 0 aliphatic heterocycles. The number of nitrogens with two attached hydrogens (primary N) is 1. The molecule has 0 aliphatic carbocycles. The van der Waals surface area contributed by atoms with Crippen molar-refractivity contribution in [2.75, 3.05) is 13.1 Å². The van der Waals surface area contributed by atoms with Crippen molar-refractivity contribution in [1.82, 2.24) is 4.90 Å². The van der Waals surface area contributed by atoms with Crippen LogP contribution in [-0.2, 0) is 4.79 Å². The zero-order valence-electron chi connectivity index (χ0n) is 12.6. The number of amides is 1. The van der Waals surface area contributed by atoms with Crippen molar-refractivity contribution < 1.29 is 14.3 Å². The molecule has 0 fully saturated rings. The van der Waals surface area contributed by atoms with E-state index in [9.17, 15) is 14.3 Å². The van der Waals surface area contributed by atoms with Crippen molar-refractivity contribution in [3.05, 3.63) is 35.6 Å². The minimum atomic E-state index is -0.850. The molecule has 21 heavy (non-hydrogen) atoms. The summed E-state index contributed by atoms with van der Waals surface area (Å²) in [5, 5.41) is 10.2. The van der Waals surface area contributed by atoms with Crippen LogP contribution in [0, 0.1) is 11.7 Å². The number of rotatable bonds is 6. The summed E-state index contributed by atoms with van der Waals surface area (Å²) >= 11 is 0. The average molecular weight is 319 g/mol. The predicted octanol–water partition coefficient (Wildman–Crippen LogP) is 2.11. The van der Waals surface area contributed by atoms with Gasteiger partial charge in [-0.2, -0.15) is 0 Å². The molecular formula is C15H24ClFN2O2. The summed E-state index contributed by atoms with van der Waals surface area (Å²) in [6.45, 7) is 6.29. The first kappa shape index (κ1) is 19.8.